The van der Waals surface area contributed by atoms with E-state index in [1.54, 1.807) is 18.5 Å². The van der Waals surface area contributed by atoms with Crippen LogP contribution in [0.15, 0.2) is 40.2 Å². The summed E-state index contributed by atoms with van der Waals surface area (Å²) < 4.78 is 5.64. The van der Waals surface area contributed by atoms with Gasteiger partial charge in [-0.3, -0.25) is 9.79 Å². The van der Waals surface area contributed by atoms with Gasteiger partial charge < -0.3 is 4.74 Å². The minimum Gasteiger partial charge on any atom is -0.477 e. The van der Waals surface area contributed by atoms with Crippen LogP contribution in [-0.2, 0) is 9.53 Å². The second-order valence-corrected chi connectivity index (χ2v) is 3.64. The number of carbonyl (C=O) groups is 1. The van der Waals surface area contributed by atoms with E-state index in [1.165, 1.54) is 0 Å². The lowest BCUT2D eigenvalue weighted by Crippen LogP contribution is -2.29. The Kier molecular flexibility index (Phi) is 1.34. The Balaban J connectivity index is 2.02. The molecule has 0 amide bonds. The Morgan fingerprint density at radius 2 is 2.53 bits per heavy atom. The molecule has 0 spiro atoms. The van der Waals surface area contributed by atoms with Crippen LogP contribution in [0, 0.1) is 11.3 Å². The van der Waals surface area contributed by atoms with Crippen molar-refractivity contribution in [3.63, 3.8) is 0 Å². The third-order valence-electron chi connectivity index (χ3n) is 2.76. The molecule has 15 heavy (non-hydrogen) atoms. The molecule has 3 rings (SSSR count). The second kappa shape index (κ2) is 2.45. The molecule has 72 valence electrons. The van der Waals surface area contributed by atoms with Gasteiger partial charge in [0.15, 0.2) is 5.60 Å². The fourth-order valence-corrected chi connectivity index (χ4v) is 2.09. The van der Waals surface area contributed by atoms with Gasteiger partial charge in [0.1, 0.15) is 11.8 Å². The van der Waals surface area contributed by atoms with Gasteiger partial charge in [-0.2, -0.15) is 5.26 Å². The fraction of sp³-hybridized carbons (Fsp3) is 0.182. The van der Waals surface area contributed by atoms with E-state index in [2.05, 4.69) is 4.99 Å². The molecule has 3 aliphatic rings. The number of hydrogen-bond acceptors (Lipinski definition) is 4. The average molecular weight is 198 g/mol. The third-order valence-corrected chi connectivity index (χ3v) is 2.76. The number of aliphatic imine (C=N–C) groups is 1. The number of carbonyl (C=O) groups excluding carboxylic acids is 1. The summed E-state index contributed by atoms with van der Waals surface area (Å²) in [5.74, 6) is 0.267. The Morgan fingerprint density at radius 3 is 3.33 bits per heavy atom. The Labute approximate surface area is 85.9 Å². The Bertz CT molecular complexity index is 531. The van der Waals surface area contributed by atoms with E-state index in [9.17, 15) is 4.79 Å². The topological polar surface area (TPSA) is 62.5 Å². The van der Waals surface area contributed by atoms with Gasteiger partial charge in [0.25, 0.3) is 0 Å². The molecule has 3 aliphatic heterocycles. The van der Waals surface area contributed by atoms with Crippen molar-refractivity contribution in [3.05, 3.63) is 35.3 Å². The molecule has 0 saturated carbocycles. The zero-order valence-corrected chi connectivity index (χ0v) is 7.73. The smallest absolute Gasteiger partial charge is 0.236 e. The molecular formula is C11H6N2O2. The summed E-state index contributed by atoms with van der Waals surface area (Å²) in [4.78, 5) is 15.2. The standard InChI is InChI=1S/C11H6N2O2/c12-4-7(14)3-11-2-1-10(15-11)8-5-13-6-9(8)11/h1-2,5-6H,3H2. The molecule has 0 aliphatic carbocycles. The number of ether oxygens (including phenoxy) is 1. The number of hydrogen-bond donors (Lipinski definition) is 0. The highest BCUT2D eigenvalue weighted by Gasteiger charge is 2.48. The Hall–Kier alpha value is -2.15. The zero-order chi connectivity index (χ0) is 10.5. The van der Waals surface area contributed by atoms with Crippen LogP contribution < -0.4 is 0 Å². The summed E-state index contributed by atoms with van der Waals surface area (Å²) in [7, 11) is 0. The maximum atomic E-state index is 11.2. The lowest BCUT2D eigenvalue weighted by molar-refractivity contribution is -0.116. The van der Waals surface area contributed by atoms with Crippen molar-refractivity contribution in [2.45, 2.75) is 12.0 Å². The number of allylic oxidation sites excluding steroid dienone is 1. The molecule has 0 aromatic rings. The van der Waals surface area contributed by atoms with Gasteiger partial charge in [0.2, 0.25) is 5.78 Å². The molecule has 1 unspecified atom stereocenters. The van der Waals surface area contributed by atoms with Crippen LogP contribution >= 0.6 is 0 Å². The summed E-state index contributed by atoms with van der Waals surface area (Å²) in [6.07, 6.45) is 7.11. The molecule has 2 bridgehead atoms. The fourth-order valence-electron chi connectivity index (χ4n) is 2.09. The largest absolute Gasteiger partial charge is 0.477 e. The molecular weight excluding hydrogens is 192 g/mol. The van der Waals surface area contributed by atoms with Crippen LogP contribution in [-0.4, -0.2) is 17.6 Å². The first-order valence-electron chi connectivity index (χ1n) is 4.55. The Morgan fingerprint density at radius 1 is 1.67 bits per heavy atom. The van der Waals surface area contributed by atoms with Gasteiger partial charge in [-0.05, 0) is 12.2 Å². The van der Waals surface area contributed by atoms with Gasteiger partial charge >= 0.3 is 0 Å². The van der Waals surface area contributed by atoms with E-state index in [1.807, 2.05) is 12.2 Å². The van der Waals surface area contributed by atoms with Crippen molar-refractivity contribution in [1.82, 2.24) is 0 Å². The third kappa shape index (κ3) is 0.895. The number of nitrogens with zero attached hydrogens (tertiary/aromatic N) is 2. The number of nitriles is 1. The summed E-state index contributed by atoms with van der Waals surface area (Å²) in [5.41, 5.74) is 1.07. The highest BCUT2D eigenvalue weighted by atomic mass is 16.5. The first-order valence-corrected chi connectivity index (χ1v) is 4.55. The zero-order valence-electron chi connectivity index (χ0n) is 7.73. The number of fused-ring (bicyclic) bond motifs is 4. The van der Waals surface area contributed by atoms with Crippen molar-refractivity contribution < 1.29 is 9.53 Å². The minimum absolute atomic E-state index is 0.0577. The molecule has 3 heterocycles. The summed E-state index contributed by atoms with van der Waals surface area (Å²) in [6, 6.07) is 1.61. The molecule has 0 radical (unpaired) electrons. The number of ketones is 1. The van der Waals surface area contributed by atoms with Gasteiger partial charge in [0.05, 0.1) is 6.42 Å². The summed E-state index contributed by atoms with van der Waals surface area (Å²) in [6.45, 7) is 0. The van der Waals surface area contributed by atoms with Crippen LogP contribution in [0.3, 0.4) is 0 Å². The lowest BCUT2D eigenvalue weighted by atomic mass is 9.85. The van der Waals surface area contributed by atoms with E-state index in [0.717, 1.165) is 16.9 Å². The molecule has 0 fully saturated rings. The maximum absolute atomic E-state index is 11.2. The molecule has 0 aromatic carbocycles. The van der Waals surface area contributed by atoms with E-state index >= 15 is 0 Å². The van der Waals surface area contributed by atoms with Gasteiger partial charge in [0, 0.05) is 23.6 Å². The van der Waals surface area contributed by atoms with Gasteiger partial charge in [-0.25, -0.2) is 0 Å². The highest BCUT2D eigenvalue weighted by molar-refractivity contribution is 5.98. The summed E-state index contributed by atoms with van der Waals surface area (Å²) >= 11 is 0. The van der Waals surface area contributed by atoms with Crippen LogP contribution in [0.4, 0.5) is 0 Å². The molecule has 0 N–H and O–H groups in total. The first kappa shape index (κ1) is 8.18. The number of rotatable bonds is 2. The molecule has 1 atom stereocenters. The van der Waals surface area contributed by atoms with E-state index in [0.29, 0.717) is 0 Å². The summed E-state index contributed by atoms with van der Waals surface area (Å²) in [5, 5.41) is 8.52. The van der Waals surface area contributed by atoms with Crippen LogP contribution in [0.25, 0.3) is 0 Å². The van der Waals surface area contributed by atoms with Gasteiger partial charge in [-0.1, -0.05) is 0 Å². The van der Waals surface area contributed by atoms with E-state index in [-0.39, 0.29) is 6.42 Å². The molecule has 0 aromatic heterocycles. The van der Waals surface area contributed by atoms with Crippen molar-refractivity contribution in [3.8, 4) is 6.07 Å². The predicted octanol–water partition coefficient (Wildman–Crippen LogP) is 1.03. The van der Waals surface area contributed by atoms with Crippen LogP contribution in [0.2, 0.25) is 0 Å². The maximum Gasteiger partial charge on any atom is 0.236 e. The molecule has 0 saturated heterocycles. The van der Waals surface area contributed by atoms with Crippen molar-refractivity contribution in [2.75, 3.05) is 0 Å². The first-order chi connectivity index (χ1) is 7.25. The minimum atomic E-state index is -0.756. The molecule has 4 heteroatoms. The van der Waals surface area contributed by atoms with Crippen LogP contribution in [0.5, 0.6) is 0 Å². The number of Topliss-reactive ketones (excluding diaryl/α,β-unsaturated/α-hetero) is 1. The van der Waals surface area contributed by atoms with Crippen LogP contribution in [0.1, 0.15) is 6.42 Å². The highest BCUT2D eigenvalue weighted by Crippen LogP contribution is 2.48. The van der Waals surface area contributed by atoms with E-state index in [4.69, 9.17) is 10.00 Å². The predicted molar refractivity (Wildman–Crippen MR) is 51.8 cm³/mol. The van der Waals surface area contributed by atoms with E-state index < -0.39 is 11.4 Å². The lowest BCUT2D eigenvalue weighted by Gasteiger charge is -2.22. The van der Waals surface area contributed by atoms with Crippen molar-refractivity contribution >= 4 is 12.0 Å². The van der Waals surface area contributed by atoms with Crippen molar-refractivity contribution in [2.24, 2.45) is 4.99 Å². The second-order valence-electron chi connectivity index (χ2n) is 3.64. The molecule has 4 nitrogen and oxygen atoms in total. The normalized spacial score (nSPS) is 28.9. The monoisotopic (exact) mass is 198 g/mol. The SMILES string of the molecule is N#CC(=O)CC12C=CC(=C3C=NC=C31)O2. The van der Waals surface area contributed by atoms with Gasteiger partial charge in [-0.15, -0.1) is 0 Å². The quantitative estimate of drug-likeness (QED) is 0.622. The van der Waals surface area contributed by atoms with Crippen molar-refractivity contribution in [1.29, 1.82) is 5.26 Å². The average Bonchev–Trinajstić information content (AvgIpc) is 2.87.